The molecule has 0 bridgehead atoms. The van der Waals surface area contributed by atoms with Crippen molar-refractivity contribution < 1.29 is 8.83 Å². The molecule has 13 aromatic carbocycles. The number of para-hydroxylation sites is 2. The van der Waals surface area contributed by atoms with E-state index in [4.69, 9.17) is 8.83 Å². The maximum absolute atomic E-state index is 7.11. The Morgan fingerprint density at radius 1 is 0.315 bits per heavy atom. The molecule has 2 aromatic heterocycles. The fourth-order valence-corrected chi connectivity index (χ4v) is 18.6. The molecule has 0 spiro atoms. The van der Waals surface area contributed by atoms with E-state index in [1.165, 1.54) is 144 Å². The van der Waals surface area contributed by atoms with E-state index in [0.29, 0.717) is 0 Å². The van der Waals surface area contributed by atoms with Gasteiger partial charge in [0, 0.05) is 37.9 Å². The van der Waals surface area contributed by atoms with Crippen LogP contribution in [0.2, 0.25) is 0 Å². The number of furan rings is 2. The van der Waals surface area contributed by atoms with Crippen molar-refractivity contribution in [3.63, 3.8) is 0 Å². The second kappa shape index (κ2) is 19.2. The first-order valence-electron chi connectivity index (χ1n) is 32.9. The molecule has 4 aliphatic rings. The van der Waals surface area contributed by atoms with Gasteiger partial charge in [-0.2, -0.15) is 0 Å². The Kier molecular flexibility index (Phi) is 11.2. The van der Waals surface area contributed by atoms with Crippen LogP contribution in [0, 0.1) is 6.92 Å². The molecule has 0 aliphatic heterocycles. The highest BCUT2D eigenvalue weighted by Gasteiger charge is 2.53. The van der Waals surface area contributed by atoms with E-state index in [9.17, 15) is 0 Å². The van der Waals surface area contributed by atoms with Crippen LogP contribution >= 0.6 is 0 Å². The molecule has 2 nitrogen and oxygen atoms in total. The molecule has 92 heavy (non-hydrogen) atoms. The molecule has 4 aliphatic carbocycles. The van der Waals surface area contributed by atoms with Crippen molar-refractivity contribution in [2.24, 2.45) is 0 Å². The van der Waals surface area contributed by atoms with Crippen LogP contribution in [0.4, 0.5) is 0 Å². The highest BCUT2D eigenvalue weighted by Crippen LogP contribution is 2.66. The van der Waals surface area contributed by atoms with Crippen LogP contribution in [-0.4, -0.2) is 0 Å². The Balaban J connectivity index is 0.803. The summed E-state index contributed by atoms with van der Waals surface area (Å²) in [6.07, 6.45) is 1.73. The molecule has 0 saturated carbocycles. The number of fused-ring (bicyclic) bond motifs is 22. The van der Waals surface area contributed by atoms with E-state index >= 15 is 0 Å². The van der Waals surface area contributed by atoms with E-state index in [0.717, 1.165) is 45.9 Å². The van der Waals surface area contributed by atoms with E-state index in [1.807, 2.05) is 0 Å². The standard InChI is InChI=1S/C90H66O2/c1-54-26-18-19-35-62(54)57(48-55-43-45-65-72(50-55)88(4,5)85-83(65)86-82(67-38-22-25-41-77(67)92-86)81-64-36-20-23-39-70(64)87(2,3)84(81)85)49-56-42-44-63-68-52-75-69(53-74(68)90(73(63)51-56,60-31-14-8-15-32-60)61-33-16-9-17-34-61)79-71(46-47-78-80(79)66-37-21-24-40-76(66)91-78)89(75,58-27-10-6-11-28-58)59-29-12-7-13-30-59/h6-47,50-53,57H,48-49H2,1-5H3. The summed E-state index contributed by atoms with van der Waals surface area (Å²) in [7, 11) is 0. The Bertz CT molecular complexity index is 5500. The lowest BCUT2D eigenvalue weighted by atomic mass is 9.66. The highest BCUT2D eigenvalue weighted by molar-refractivity contribution is 6.21. The van der Waals surface area contributed by atoms with Crippen LogP contribution in [0.1, 0.15) is 123 Å². The largest absolute Gasteiger partial charge is 0.456 e. The van der Waals surface area contributed by atoms with E-state index in [-0.39, 0.29) is 16.7 Å². The van der Waals surface area contributed by atoms with Crippen molar-refractivity contribution in [1.82, 2.24) is 0 Å². The Morgan fingerprint density at radius 2 is 0.783 bits per heavy atom. The topological polar surface area (TPSA) is 26.3 Å². The molecule has 0 radical (unpaired) electrons. The third kappa shape index (κ3) is 6.99. The molecule has 1 unspecified atom stereocenters. The lowest BCUT2D eigenvalue weighted by molar-refractivity contribution is 0.599. The molecular weight excluding hydrogens is 1110 g/mol. The number of hydrogen-bond donors (Lipinski definition) is 0. The van der Waals surface area contributed by atoms with Gasteiger partial charge in [0.2, 0.25) is 0 Å². The van der Waals surface area contributed by atoms with Crippen molar-refractivity contribution in [3.05, 3.63) is 368 Å². The number of benzene rings is 13. The molecule has 0 N–H and O–H groups in total. The average Bonchev–Trinajstić information content (AvgIpc) is 1.51. The molecule has 19 rings (SSSR count). The summed E-state index contributed by atoms with van der Waals surface area (Å²) in [5, 5.41) is 4.72. The monoisotopic (exact) mass is 1180 g/mol. The summed E-state index contributed by atoms with van der Waals surface area (Å²) in [5.41, 5.74) is 33.3. The van der Waals surface area contributed by atoms with Crippen molar-refractivity contribution in [3.8, 4) is 44.5 Å². The lowest BCUT2D eigenvalue weighted by Gasteiger charge is -2.35. The molecule has 0 saturated heterocycles. The van der Waals surface area contributed by atoms with Gasteiger partial charge in [0.1, 0.15) is 22.3 Å². The van der Waals surface area contributed by atoms with Gasteiger partial charge in [0.25, 0.3) is 0 Å². The minimum absolute atomic E-state index is 0.176. The summed E-state index contributed by atoms with van der Waals surface area (Å²) < 4.78 is 13.9. The molecule has 1 atom stereocenters. The van der Waals surface area contributed by atoms with Gasteiger partial charge in [-0.1, -0.05) is 276 Å². The second-order valence-corrected chi connectivity index (χ2v) is 27.7. The van der Waals surface area contributed by atoms with Crippen LogP contribution in [0.15, 0.2) is 288 Å². The second-order valence-electron chi connectivity index (χ2n) is 27.7. The first-order chi connectivity index (χ1) is 45.1. The molecule has 0 amide bonds. The van der Waals surface area contributed by atoms with Gasteiger partial charge < -0.3 is 8.83 Å². The van der Waals surface area contributed by atoms with Gasteiger partial charge in [0.05, 0.1) is 10.8 Å². The van der Waals surface area contributed by atoms with Crippen molar-refractivity contribution in [2.45, 2.75) is 75.0 Å². The van der Waals surface area contributed by atoms with Crippen molar-refractivity contribution in [1.29, 1.82) is 0 Å². The summed E-state index contributed by atoms with van der Waals surface area (Å²) in [6.45, 7) is 12.1. The first kappa shape index (κ1) is 53.3. The van der Waals surface area contributed by atoms with Gasteiger partial charge in [-0.25, -0.2) is 0 Å². The van der Waals surface area contributed by atoms with Gasteiger partial charge in [0.15, 0.2) is 0 Å². The van der Waals surface area contributed by atoms with Crippen molar-refractivity contribution >= 4 is 43.9 Å². The van der Waals surface area contributed by atoms with E-state index in [1.54, 1.807) is 0 Å². The zero-order valence-corrected chi connectivity index (χ0v) is 52.4. The molecular formula is C90H66O2. The summed E-state index contributed by atoms with van der Waals surface area (Å²) in [5.74, 6) is 0.176. The first-order valence-corrected chi connectivity index (χ1v) is 32.9. The summed E-state index contributed by atoms with van der Waals surface area (Å²) in [6, 6.07) is 106. The van der Waals surface area contributed by atoms with E-state index in [2.05, 4.69) is 314 Å². The average molecular weight is 1180 g/mol. The van der Waals surface area contributed by atoms with E-state index < -0.39 is 10.8 Å². The van der Waals surface area contributed by atoms with Gasteiger partial charge in [-0.3, -0.25) is 0 Å². The Labute approximate surface area is 537 Å². The maximum Gasteiger partial charge on any atom is 0.144 e. The Hall–Kier alpha value is -10.5. The van der Waals surface area contributed by atoms with Crippen LogP contribution in [0.5, 0.6) is 0 Å². The third-order valence-electron chi connectivity index (χ3n) is 22.3. The zero-order valence-electron chi connectivity index (χ0n) is 52.4. The SMILES string of the molecule is Cc1ccccc1C(Cc1ccc2c(c1)C(C)(C)c1c3c(c4c(oc5ccccc54)c1-2)-c1ccccc1C3(C)C)Cc1ccc2c(c1)C(c1ccccc1)(c1ccccc1)c1cc3c(cc1-2)C(c1ccccc1)(c1ccccc1)c1ccc2oc4ccccc4c2c1-3. The smallest absolute Gasteiger partial charge is 0.144 e. The van der Waals surface area contributed by atoms with Crippen LogP contribution in [0.25, 0.3) is 88.4 Å². The quantitative estimate of drug-likeness (QED) is 0.144. The predicted octanol–water partition coefficient (Wildman–Crippen LogP) is 22.7. The van der Waals surface area contributed by atoms with Gasteiger partial charge >= 0.3 is 0 Å². The lowest BCUT2D eigenvalue weighted by Crippen LogP contribution is -2.30. The number of rotatable bonds is 9. The molecule has 2 heteroatoms. The minimum atomic E-state index is -0.671. The summed E-state index contributed by atoms with van der Waals surface area (Å²) in [4.78, 5) is 0. The normalized spacial score (nSPS) is 15.6. The molecule has 0 fully saturated rings. The third-order valence-corrected chi connectivity index (χ3v) is 22.3. The molecule has 15 aromatic rings. The van der Waals surface area contributed by atoms with Gasteiger partial charge in [-0.15, -0.1) is 0 Å². The van der Waals surface area contributed by atoms with Crippen molar-refractivity contribution in [2.75, 3.05) is 0 Å². The predicted molar refractivity (Wildman–Crippen MR) is 379 cm³/mol. The molecule has 2 heterocycles. The van der Waals surface area contributed by atoms with Crippen LogP contribution in [0.3, 0.4) is 0 Å². The number of aryl methyl sites for hydroxylation is 1. The Morgan fingerprint density at radius 3 is 1.42 bits per heavy atom. The van der Waals surface area contributed by atoms with Crippen LogP contribution in [-0.2, 0) is 34.5 Å². The minimum Gasteiger partial charge on any atom is -0.456 e. The fraction of sp³-hybridized carbons (Fsp3) is 0.133. The van der Waals surface area contributed by atoms with Gasteiger partial charge in [-0.05, 0) is 184 Å². The maximum atomic E-state index is 7.11. The fourth-order valence-electron chi connectivity index (χ4n) is 18.6. The van der Waals surface area contributed by atoms with Crippen LogP contribution < -0.4 is 0 Å². The molecule has 438 valence electrons. The zero-order chi connectivity index (χ0) is 61.4. The number of hydrogen-bond acceptors (Lipinski definition) is 2. The highest BCUT2D eigenvalue weighted by atomic mass is 16.3. The summed E-state index contributed by atoms with van der Waals surface area (Å²) >= 11 is 0.